The highest BCUT2D eigenvalue weighted by Gasteiger charge is 2.21. The van der Waals surface area contributed by atoms with Gasteiger partial charge in [0.05, 0.1) is 12.6 Å². The van der Waals surface area contributed by atoms with Crippen LogP contribution < -0.4 is 10.2 Å². The summed E-state index contributed by atoms with van der Waals surface area (Å²) in [7, 11) is -0.512. The lowest BCUT2D eigenvalue weighted by Crippen LogP contribution is -2.33. The molecule has 1 aliphatic carbocycles. The quantitative estimate of drug-likeness (QED) is 0.777. The monoisotopic (exact) mass is 266 g/mol. The molecule has 1 aromatic rings. The number of carbonyl (C=O) groups excluding carboxylic acids is 1. The Bertz CT molecular complexity index is 460. The van der Waals surface area contributed by atoms with Gasteiger partial charge in [0, 0.05) is 6.42 Å². The van der Waals surface area contributed by atoms with Crippen molar-refractivity contribution in [2.45, 2.75) is 19.3 Å². The molecular formula is C13H16BFO4. The third kappa shape index (κ3) is 4.85. The standard InChI is InChI=1S/C7H8BFO3.C6H8O/c1-12-6-4-2-3-5(9)7(6)8(10)11;7-6-4-2-1-3-5-6/h2-4,10-11H,1H3;2,4H,1,3,5H2. The number of ether oxygens (including phenoxy) is 1. The third-order valence-electron chi connectivity index (χ3n) is 2.59. The van der Waals surface area contributed by atoms with Crippen molar-refractivity contribution < 1.29 is 24.0 Å². The van der Waals surface area contributed by atoms with Crippen LogP contribution in [0, 0.1) is 5.82 Å². The summed E-state index contributed by atoms with van der Waals surface area (Å²) < 4.78 is 17.6. The Morgan fingerprint density at radius 2 is 2.11 bits per heavy atom. The predicted octanol–water partition coefficient (Wildman–Crippen LogP) is 0.810. The van der Waals surface area contributed by atoms with E-state index in [1.54, 1.807) is 6.08 Å². The first-order valence-corrected chi connectivity index (χ1v) is 5.94. The highest BCUT2D eigenvalue weighted by Crippen LogP contribution is 2.08. The minimum atomic E-state index is -1.85. The molecule has 4 nitrogen and oxygen atoms in total. The molecule has 0 saturated heterocycles. The second-order valence-electron chi connectivity index (χ2n) is 3.99. The van der Waals surface area contributed by atoms with Crippen LogP contribution in [0.1, 0.15) is 19.3 Å². The number of hydrogen-bond donors (Lipinski definition) is 2. The second kappa shape index (κ2) is 7.71. The SMILES string of the molecule is COc1cccc(F)c1B(O)O.O=C1C=CCCC1. The topological polar surface area (TPSA) is 66.8 Å². The zero-order chi connectivity index (χ0) is 14.3. The molecule has 0 atom stereocenters. The van der Waals surface area contributed by atoms with Crippen molar-refractivity contribution in [3.8, 4) is 5.75 Å². The maximum Gasteiger partial charge on any atom is 0.495 e. The van der Waals surface area contributed by atoms with Crippen LogP contribution in [-0.2, 0) is 4.79 Å². The van der Waals surface area contributed by atoms with Gasteiger partial charge < -0.3 is 14.8 Å². The molecule has 0 spiro atoms. The Morgan fingerprint density at radius 1 is 1.37 bits per heavy atom. The highest BCUT2D eigenvalue weighted by atomic mass is 19.1. The first-order valence-electron chi connectivity index (χ1n) is 5.94. The molecule has 2 N–H and O–H groups in total. The van der Waals surface area contributed by atoms with Gasteiger partial charge in [0.15, 0.2) is 5.78 Å². The molecular weight excluding hydrogens is 250 g/mol. The van der Waals surface area contributed by atoms with Crippen LogP contribution in [0.25, 0.3) is 0 Å². The normalized spacial score (nSPS) is 13.6. The second-order valence-corrected chi connectivity index (χ2v) is 3.99. The van der Waals surface area contributed by atoms with Gasteiger partial charge in [-0.15, -0.1) is 0 Å². The fourth-order valence-corrected chi connectivity index (χ4v) is 1.64. The fraction of sp³-hybridized carbons (Fsp3) is 0.308. The average Bonchev–Trinajstić information content (AvgIpc) is 2.39. The minimum absolute atomic E-state index is 0.130. The number of benzene rings is 1. The summed E-state index contributed by atoms with van der Waals surface area (Å²) >= 11 is 0. The van der Waals surface area contributed by atoms with E-state index in [1.807, 2.05) is 6.08 Å². The zero-order valence-electron chi connectivity index (χ0n) is 10.7. The highest BCUT2D eigenvalue weighted by molar-refractivity contribution is 6.59. The van der Waals surface area contributed by atoms with E-state index in [1.165, 1.54) is 19.2 Å². The first-order chi connectivity index (χ1) is 9.06. The molecule has 2 rings (SSSR count). The number of halogens is 1. The summed E-state index contributed by atoms with van der Waals surface area (Å²) in [6, 6.07) is 4.02. The van der Waals surface area contributed by atoms with Crippen molar-refractivity contribution in [2.24, 2.45) is 0 Å². The van der Waals surface area contributed by atoms with Gasteiger partial charge in [-0.05, 0) is 31.1 Å². The molecule has 0 aliphatic heterocycles. The van der Waals surface area contributed by atoms with Crippen LogP contribution in [0.2, 0.25) is 0 Å². The van der Waals surface area contributed by atoms with Gasteiger partial charge in [-0.2, -0.15) is 0 Å². The lowest BCUT2D eigenvalue weighted by molar-refractivity contribution is -0.114. The largest absolute Gasteiger partial charge is 0.497 e. The molecule has 0 amide bonds. The van der Waals surface area contributed by atoms with Gasteiger partial charge in [0.1, 0.15) is 11.6 Å². The molecule has 102 valence electrons. The van der Waals surface area contributed by atoms with Crippen molar-refractivity contribution in [3.63, 3.8) is 0 Å². The molecule has 0 fully saturated rings. The molecule has 6 heteroatoms. The molecule has 0 aromatic heterocycles. The van der Waals surface area contributed by atoms with Gasteiger partial charge in [0.25, 0.3) is 0 Å². The van der Waals surface area contributed by atoms with Crippen molar-refractivity contribution in [1.29, 1.82) is 0 Å². The van der Waals surface area contributed by atoms with E-state index in [0.717, 1.165) is 25.3 Å². The van der Waals surface area contributed by atoms with E-state index in [9.17, 15) is 9.18 Å². The van der Waals surface area contributed by atoms with Gasteiger partial charge >= 0.3 is 7.12 Å². The summed E-state index contributed by atoms with van der Waals surface area (Å²) in [5, 5.41) is 17.5. The average molecular weight is 266 g/mol. The molecule has 0 unspecified atom stereocenters. The van der Waals surface area contributed by atoms with Gasteiger partial charge in [-0.3, -0.25) is 4.79 Å². The summed E-state index contributed by atoms with van der Waals surface area (Å²) in [6.45, 7) is 0. The van der Waals surface area contributed by atoms with Crippen LogP contribution >= 0.6 is 0 Å². The van der Waals surface area contributed by atoms with E-state index in [0.29, 0.717) is 0 Å². The molecule has 0 heterocycles. The maximum atomic E-state index is 12.9. The predicted molar refractivity (Wildman–Crippen MR) is 70.8 cm³/mol. The van der Waals surface area contributed by atoms with Crippen LogP contribution in [0.4, 0.5) is 4.39 Å². The molecule has 0 saturated carbocycles. The van der Waals surface area contributed by atoms with Gasteiger partial charge in [-0.25, -0.2) is 4.39 Å². The van der Waals surface area contributed by atoms with E-state index in [4.69, 9.17) is 14.8 Å². The Labute approximate surface area is 111 Å². The Hall–Kier alpha value is -1.66. The van der Waals surface area contributed by atoms with Crippen LogP contribution in [-0.4, -0.2) is 30.1 Å². The van der Waals surface area contributed by atoms with Crippen molar-refractivity contribution in [2.75, 3.05) is 7.11 Å². The minimum Gasteiger partial charge on any atom is -0.497 e. The van der Waals surface area contributed by atoms with E-state index < -0.39 is 12.9 Å². The molecule has 1 aromatic carbocycles. The lowest BCUT2D eigenvalue weighted by Gasteiger charge is -2.07. The summed E-state index contributed by atoms with van der Waals surface area (Å²) in [6.07, 6.45) is 6.51. The number of rotatable bonds is 2. The van der Waals surface area contributed by atoms with Crippen LogP contribution in [0.15, 0.2) is 30.4 Å². The molecule has 19 heavy (non-hydrogen) atoms. The summed E-state index contributed by atoms with van der Waals surface area (Å²) in [5.74, 6) is -0.277. The maximum absolute atomic E-state index is 12.9. The van der Waals surface area contributed by atoms with E-state index in [2.05, 4.69) is 0 Å². The van der Waals surface area contributed by atoms with Crippen LogP contribution in [0.5, 0.6) is 5.75 Å². The molecule has 1 aliphatic rings. The van der Waals surface area contributed by atoms with Crippen LogP contribution in [0.3, 0.4) is 0 Å². The number of allylic oxidation sites excluding steroid dienone is 2. The zero-order valence-corrected chi connectivity index (χ0v) is 10.7. The lowest BCUT2D eigenvalue weighted by atomic mass is 9.79. The summed E-state index contributed by atoms with van der Waals surface area (Å²) in [5.41, 5.74) is -0.236. The fourth-order valence-electron chi connectivity index (χ4n) is 1.64. The Morgan fingerprint density at radius 3 is 2.47 bits per heavy atom. The first kappa shape index (κ1) is 15.4. The number of carbonyl (C=O) groups is 1. The third-order valence-corrected chi connectivity index (χ3v) is 2.59. The Kier molecular flexibility index (Phi) is 6.25. The van der Waals surface area contributed by atoms with Crippen molar-refractivity contribution >= 4 is 18.4 Å². The number of hydrogen-bond acceptors (Lipinski definition) is 4. The van der Waals surface area contributed by atoms with Gasteiger partial charge in [-0.1, -0.05) is 12.1 Å². The van der Waals surface area contributed by atoms with E-state index >= 15 is 0 Å². The number of methoxy groups -OCH3 is 1. The van der Waals surface area contributed by atoms with Crippen molar-refractivity contribution in [1.82, 2.24) is 0 Å². The number of ketones is 1. The smallest absolute Gasteiger partial charge is 0.495 e. The Balaban J connectivity index is 0.000000218. The molecule has 0 bridgehead atoms. The molecule has 0 radical (unpaired) electrons. The van der Waals surface area contributed by atoms with Crippen molar-refractivity contribution in [3.05, 3.63) is 36.2 Å². The summed E-state index contributed by atoms with van der Waals surface area (Å²) in [4.78, 5) is 10.4. The van der Waals surface area contributed by atoms with E-state index in [-0.39, 0.29) is 17.0 Å². The van der Waals surface area contributed by atoms with Gasteiger partial charge in [0.2, 0.25) is 0 Å².